The summed E-state index contributed by atoms with van der Waals surface area (Å²) >= 11 is 0. The molecule has 1 aromatic rings. The average molecular weight is 191 g/mol. The van der Waals surface area contributed by atoms with Crippen molar-refractivity contribution in [3.63, 3.8) is 0 Å². The number of pyridine rings is 1. The van der Waals surface area contributed by atoms with Gasteiger partial charge in [0.1, 0.15) is 0 Å². The number of hydrogen-bond acceptors (Lipinski definition) is 3. The highest BCUT2D eigenvalue weighted by Gasteiger charge is 1.95. The molecule has 76 valence electrons. The molecule has 0 aromatic carbocycles. The molecule has 1 aromatic heterocycles. The molecule has 1 heterocycles. The van der Waals surface area contributed by atoms with Crippen LogP contribution in [0, 0.1) is 6.92 Å². The lowest BCUT2D eigenvalue weighted by atomic mass is 10.1. The van der Waals surface area contributed by atoms with Gasteiger partial charge in [-0.2, -0.15) is 0 Å². The fraction of sp³-hybridized carbons (Fsp3) is 0.364. The summed E-state index contributed by atoms with van der Waals surface area (Å²) in [6.45, 7) is 2.97. The molecular weight excluding hydrogens is 174 g/mol. The van der Waals surface area contributed by atoms with Crippen molar-refractivity contribution < 1.29 is 0 Å². The van der Waals surface area contributed by atoms with E-state index < -0.39 is 0 Å². The van der Waals surface area contributed by atoms with E-state index >= 15 is 0 Å². The van der Waals surface area contributed by atoms with Crippen molar-refractivity contribution in [2.24, 2.45) is 0 Å². The summed E-state index contributed by atoms with van der Waals surface area (Å²) in [5.41, 5.74) is 8.47. The smallest absolute Gasteiger partial charge is 0.0506 e. The molecule has 0 amide bonds. The fourth-order valence-corrected chi connectivity index (χ4v) is 1.17. The van der Waals surface area contributed by atoms with Gasteiger partial charge in [0.15, 0.2) is 0 Å². The molecule has 0 aliphatic heterocycles. The van der Waals surface area contributed by atoms with Crippen LogP contribution < -0.4 is 11.1 Å². The summed E-state index contributed by atoms with van der Waals surface area (Å²) in [4.78, 5) is 4.19. The number of rotatable bonds is 4. The Bertz CT molecular complexity index is 318. The summed E-state index contributed by atoms with van der Waals surface area (Å²) in [6, 6.07) is 1.94. The molecule has 0 aliphatic rings. The number of nitrogen functional groups attached to an aromatic ring is 1. The number of hydrogen-bond donors (Lipinski definition) is 2. The van der Waals surface area contributed by atoms with Gasteiger partial charge >= 0.3 is 0 Å². The van der Waals surface area contributed by atoms with Crippen LogP contribution in [0.1, 0.15) is 17.7 Å². The van der Waals surface area contributed by atoms with E-state index in [4.69, 9.17) is 5.73 Å². The molecular formula is C11H17N3. The minimum Gasteiger partial charge on any atom is -0.397 e. The molecule has 3 nitrogen and oxygen atoms in total. The van der Waals surface area contributed by atoms with Crippen molar-refractivity contribution in [2.75, 3.05) is 19.3 Å². The van der Waals surface area contributed by atoms with Gasteiger partial charge in [-0.25, -0.2) is 0 Å². The van der Waals surface area contributed by atoms with Gasteiger partial charge in [-0.05, 0) is 38.6 Å². The lowest BCUT2D eigenvalue weighted by Gasteiger charge is -2.00. The third-order valence-corrected chi connectivity index (χ3v) is 2.01. The lowest BCUT2D eigenvalue weighted by Crippen LogP contribution is -2.05. The number of anilines is 1. The summed E-state index contributed by atoms with van der Waals surface area (Å²) in [6.07, 6.45) is 6.89. The van der Waals surface area contributed by atoms with E-state index in [-0.39, 0.29) is 0 Å². The fourth-order valence-electron chi connectivity index (χ4n) is 1.17. The predicted octanol–water partition coefficient (Wildman–Crippen LogP) is 1.59. The Balaban J connectivity index is 2.65. The Labute approximate surface area is 85.0 Å². The van der Waals surface area contributed by atoms with Gasteiger partial charge in [0.25, 0.3) is 0 Å². The maximum absolute atomic E-state index is 5.65. The van der Waals surface area contributed by atoms with Crippen LogP contribution in [-0.2, 0) is 0 Å². The summed E-state index contributed by atoms with van der Waals surface area (Å²) in [7, 11) is 1.95. The third kappa shape index (κ3) is 3.18. The van der Waals surface area contributed by atoms with Gasteiger partial charge in [0.2, 0.25) is 0 Å². The minimum absolute atomic E-state index is 0.712. The summed E-state index contributed by atoms with van der Waals surface area (Å²) in [5, 5.41) is 3.09. The molecule has 3 heteroatoms. The minimum atomic E-state index is 0.712. The zero-order chi connectivity index (χ0) is 10.4. The van der Waals surface area contributed by atoms with Crippen LogP contribution in [0.2, 0.25) is 0 Å². The van der Waals surface area contributed by atoms with Crippen LogP contribution in [0.25, 0.3) is 6.08 Å². The first-order chi connectivity index (χ1) is 6.74. The number of nitrogens with one attached hydrogen (secondary N) is 1. The van der Waals surface area contributed by atoms with Gasteiger partial charge in [0, 0.05) is 5.69 Å². The van der Waals surface area contributed by atoms with Gasteiger partial charge in [-0.1, -0.05) is 12.2 Å². The Morgan fingerprint density at radius 1 is 1.57 bits per heavy atom. The van der Waals surface area contributed by atoms with Gasteiger partial charge in [-0.3, -0.25) is 4.98 Å². The normalized spacial score (nSPS) is 11.0. The standard InChI is InChI=1S/C11H17N3/c1-9-10(5-3-4-6-13-2)7-11(12)8-14-9/h3,5,7-8,13H,4,6,12H2,1-2H3. The van der Waals surface area contributed by atoms with E-state index in [9.17, 15) is 0 Å². The Morgan fingerprint density at radius 2 is 2.36 bits per heavy atom. The van der Waals surface area contributed by atoms with Crippen molar-refractivity contribution in [1.82, 2.24) is 10.3 Å². The monoisotopic (exact) mass is 191 g/mol. The molecule has 0 aliphatic carbocycles. The van der Waals surface area contributed by atoms with Crippen molar-refractivity contribution in [3.8, 4) is 0 Å². The molecule has 0 fully saturated rings. The van der Waals surface area contributed by atoms with E-state index in [0.29, 0.717) is 5.69 Å². The molecule has 0 radical (unpaired) electrons. The number of aryl methyl sites for hydroxylation is 1. The predicted molar refractivity (Wildman–Crippen MR) is 61.0 cm³/mol. The van der Waals surface area contributed by atoms with Crippen LogP contribution in [0.15, 0.2) is 18.3 Å². The second kappa shape index (κ2) is 5.40. The van der Waals surface area contributed by atoms with Gasteiger partial charge in [-0.15, -0.1) is 0 Å². The quantitative estimate of drug-likeness (QED) is 0.711. The van der Waals surface area contributed by atoms with Crippen molar-refractivity contribution in [1.29, 1.82) is 0 Å². The van der Waals surface area contributed by atoms with Crippen LogP contribution >= 0.6 is 0 Å². The highest BCUT2D eigenvalue weighted by Crippen LogP contribution is 2.11. The average Bonchev–Trinajstić information content (AvgIpc) is 2.18. The van der Waals surface area contributed by atoms with Gasteiger partial charge in [0.05, 0.1) is 11.9 Å². The first-order valence-corrected chi connectivity index (χ1v) is 4.77. The number of nitrogens with zero attached hydrogens (tertiary/aromatic N) is 1. The summed E-state index contributed by atoms with van der Waals surface area (Å²) < 4.78 is 0. The second-order valence-corrected chi connectivity index (χ2v) is 3.24. The Morgan fingerprint density at radius 3 is 3.07 bits per heavy atom. The molecule has 14 heavy (non-hydrogen) atoms. The highest BCUT2D eigenvalue weighted by atomic mass is 14.8. The van der Waals surface area contributed by atoms with E-state index in [1.807, 2.05) is 20.0 Å². The second-order valence-electron chi connectivity index (χ2n) is 3.24. The molecule has 1 rings (SSSR count). The van der Waals surface area contributed by atoms with Crippen molar-refractivity contribution in [2.45, 2.75) is 13.3 Å². The van der Waals surface area contributed by atoms with E-state index in [2.05, 4.69) is 22.5 Å². The zero-order valence-corrected chi connectivity index (χ0v) is 8.75. The van der Waals surface area contributed by atoms with Crippen LogP contribution in [0.5, 0.6) is 0 Å². The highest BCUT2D eigenvalue weighted by molar-refractivity contribution is 5.56. The van der Waals surface area contributed by atoms with Gasteiger partial charge < -0.3 is 11.1 Å². The molecule has 0 unspecified atom stereocenters. The Hall–Kier alpha value is -1.35. The topological polar surface area (TPSA) is 50.9 Å². The van der Waals surface area contributed by atoms with Crippen molar-refractivity contribution >= 4 is 11.8 Å². The number of nitrogens with two attached hydrogens (primary N) is 1. The maximum Gasteiger partial charge on any atom is 0.0506 e. The molecule has 0 saturated heterocycles. The lowest BCUT2D eigenvalue weighted by molar-refractivity contribution is 0.809. The third-order valence-electron chi connectivity index (χ3n) is 2.01. The SMILES string of the molecule is CNCCC=Cc1cc(N)cnc1C. The van der Waals surface area contributed by atoms with Crippen molar-refractivity contribution in [3.05, 3.63) is 29.6 Å². The van der Waals surface area contributed by atoms with E-state index in [1.165, 1.54) is 0 Å². The first kappa shape index (κ1) is 10.7. The maximum atomic E-state index is 5.65. The Kier molecular flexibility index (Phi) is 4.13. The van der Waals surface area contributed by atoms with E-state index in [0.717, 1.165) is 24.2 Å². The zero-order valence-electron chi connectivity index (χ0n) is 8.75. The largest absolute Gasteiger partial charge is 0.397 e. The van der Waals surface area contributed by atoms with Crippen LogP contribution in [0.4, 0.5) is 5.69 Å². The van der Waals surface area contributed by atoms with Crippen LogP contribution in [0.3, 0.4) is 0 Å². The van der Waals surface area contributed by atoms with E-state index in [1.54, 1.807) is 6.20 Å². The first-order valence-electron chi connectivity index (χ1n) is 4.77. The molecule has 0 bridgehead atoms. The van der Waals surface area contributed by atoms with Crippen LogP contribution in [-0.4, -0.2) is 18.6 Å². The molecule has 0 saturated carbocycles. The summed E-state index contributed by atoms with van der Waals surface area (Å²) in [5.74, 6) is 0. The molecule has 3 N–H and O–H groups in total. The molecule has 0 atom stereocenters. The molecule has 0 spiro atoms. The number of aromatic nitrogens is 1.